The fraction of sp³-hybridized carbons (Fsp3) is 0.562. The molecule has 2 heterocycles. The number of nitrogens with one attached hydrogen (secondary N) is 2. The summed E-state index contributed by atoms with van der Waals surface area (Å²) >= 11 is 0. The molecule has 3 N–H and O–H groups in total. The van der Waals surface area contributed by atoms with E-state index in [4.69, 9.17) is 23.7 Å². The summed E-state index contributed by atoms with van der Waals surface area (Å²) in [4.78, 5) is 24.8. The minimum Gasteiger partial charge on any atom is -0.497 e. The maximum atomic E-state index is 14.1. The van der Waals surface area contributed by atoms with E-state index in [-0.39, 0.29) is 43.5 Å². The number of sulfonamides is 1. The molecule has 46 heavy (non-hydrogen) atoms. The average Bonchev–Trinajstić information content (AvgIpc) is 3.66. The number of carbonyl (C=O) groups is 2. The molecule has 2 amide bonds. The summed E-state index contributed by atoms with van der Waals surface area (Å²) < 4.78 is 56.5. The average molecular weight is 664 g/mol. The fourth-order valence-electron chi connectivity index (χ4n) is 5.55. The monoisotopic (exact) mass is 663 g/mol. The molecule has 0 radical (unpaired) electrons. The molecule has 4 rings (SSSR count). The lowest BCUT2D eigenvalue weighted by atomic mass is 9.89. The molecule has 0 saturated carbocycles. The van der Waals surface area contributed by atoms with Crippen molar-refractivity contribution in [1.82, 2.24) is 14.9 Å². The zero-order chi connectivity index (χ0) is 33.3. The summed E-state index contributed by atoms with van der Waals surface area (Å²) in [6, 6.07) is 14.3. The number of benzene rings is 2. The van der Waals surface area contributed by atoms with Crippen LogP contribution in [0.3, 0.4) is 0 Å². The van der Waals surface area contributed by atoms with Gasteiger partial charge >= 0.3 is 12.2 Å². The van der Waals surface area contributed by atoms with Crippen molar-refractivity contribution >= 4 is 22.2 Å². The van der Waals surface area contributed by atoms with Crippen LogP contribution in [-0.2, 0) is 35.4 Å². The van der Waals surface area contributed by atoms with Crippen LogP contribution in [0.4, 0.5) is 9.59 Å². The number of aliphatic hydroxyl groups is 1. The molecule has 2 fully saturated rings. The van der Waals surface area contributed by atoms with Crippen LogP contribution in [0.2, 0.25) is 0 Å². The highest BCUT2D eigenvalue weighted by molar-refractivity contribution is 7.89. The van der Waals surface area contributed by atoms with Gasteiger partial charge in [-0.3, -0.25) is 0 Å². The first-order valence-corrected chi connectivity index (χ1v) is 16.8. The van der Waals surface area contributed by atoms with Crippen LogP contribution in [0, 0.1) is 11.3 Å². The van der Waals surface area contributed by atoms with Gasteiger partial charge in [-0.1, -0.05) is 44.2 Å². The molecule has 5 unspecified atom stereocenters. The van der Waals surface area contributed by atoms with Crippen molar-refractivity contribution in [3.05, 3.63) is 60.2 Å². The third kappa shape index (κ3) is 9.55. The normalized spacial score (nSPS) is 20.9. The standard InChI is InChI=1S/C32H45N3O10S/c1-32(2,15-17-43-30(37)33-3)21-35(46(39,40)24-12-10-23(41-4)11-13-24)19-27(36)26(18-22-8-6-5-7-9-22)34-31(38)45-28-20-44-29-25(28)14-16-42-29/h5-13,25-29,36H,14-21H2,1-4H3,(H,33,37)(H,34,38). The zero-order valence-corrected chi connectivity index (χ0v) is 27.5. The highest BCUT2D eigenvalue weighted by atomic mass is 32.2. The molecule has 14 heteroatoms. The number of hydrogen-bond acceptors (Lipinski definition) is 10. The Bertz CT molecular complexity index is 1390. The Hall–Kier alpha value is -3.43. The number of rotatable bonds is 15. The first-order valence-electron chi connectivity index (χ1n) is 15.3. The Morgan fingerprint density at radius 2 is 1.80 bits per heavy atom. The molecule has 2 saturated heterocycles. The largest absolute Gasteiger partial charge is 0.497 e. The third-order valence-electron chi connectivity index (χ3n) is 8.22. The van der Waals surface area contributed by atoms with Crippen LogP contribution in [-0.4, -0.2) is 102 Å². The molecule has 0 aliphatic carbocycles. The number of fused-ring (bicyclic) bond motifs is 1. The number of amides is 2. The first kappa shape index (κ1) is 35.4. The minimum atomic E-state index is -4.14. The number of ether oxygens (including phenoxy) is 5. The topological polar surface area (TPSA) is 162 Å². The van der Waals surface area contributed by atoms with Crippen molar-refractivity contribution in [2.75, 3.05) is 47.1 Å². The van der Waals surface area contributed by atoms with Gasteiger partial charge in [-0.2, -0.15) is 4.31 Å². The quantitative estimate of drug-likeness (QED) is 0.258. The lowest BCUT2D eigenvalue weighted by Crippen LogP contribution is -2.52. The summed E-state index contributed by atoms with van der Waals surface area (Å²) in [5.41, 5.74) is 0.160. The van der Waals surface area contributed by atoms with E-state index in [1.807, 2.05) is 44.2 Å². The maximum Gasteiger partial charge on any atom is 0.407 e. The van der Waals surface area contributed by atoms with Gasteiger partial charge in [0.05, 0.1) is 49.9 Å². The van der Waals surface area contributed by atoms with Crippen LogP contribution in [0.25, 0.3) is 0 Å². The summed E-state index contributed by atoms with van der Waals surface area (Å²) in [7, 11) is -1.20. The van der Waals surface area contributed by atoms with Gasteiger partial charge in [-0.15, -0.1) is 0 Å². The fourth-order valence-corrected chi connectivity index (χ4v) is 7.20. The smallest absolute Gasteiger partial charge is 0.407 e. The van der Waals surface area contributed by atoms with E-state index in [0.717, 1.165) is 5.56 Å². The molecule has 254 valence electrons. The van der Waals surface area contributed by atoms with E-state index in [9.17, 15) is 23.1 Å². The van der Waals surface area contributed by atoms with Crippen molar-refractivity contribution in [2.45, 2.75) is 62.5 Å². The zero-order valence-electron chi connectivity index (χ0n) is 26.7. The van der Waals surface area contributed by atoms with Crippen LogP contribution in [0.5, 0.6) is 5.75 Å². The predicted octanol–water partition coefficient (Wildman–Crippen LogP) is 2.92. The Kier molecular flexibility index (Phi) is 12.3. The number of aliphatic hydroxyl groups excluding tert-OH is 1. The van der Waals surface area contributed by atoms with Crippen molar-refractivity contribution in [3.8, 4) is 5.75 Å². The minimum absolute atomic E-state index is 0.0134. The predicted molar refractivity (Wildman–Crippen MR) is 168 cm³/mol. The second-order valence-corrected chi connectivity index (χ2v) is 14.2. The van der Waals surface area contributed by atoms with E-state index in [1.54, 1.807) is 12.1 Å². The van der Waals surface area contributed by atoms with E-state index in [0.29, 0.717) is 25.2 Å². The molecular weight excluding hydrogens is 618 g/mol. The molecule has 0 spiro atoms. The number of nitrogens with zero attached hydrogens (tertiary/aromatic N) is 1. The Morgan fingerprint density at radius 1 is 1.09 bits per heavy atom. The molecule has 13 nitrogen and oxygen atoms in total. The van der Waals surface area contributed by atoms with Gasteiger partial charge in [0.15, 0.2) is 6.29 Å². The lowest BCUT2D eigenvalue weighted by molar-refractivity contribution is -0.0907. The van der Waals surface area contributed by atoms with E-state index >= 15 is 0 Å². The molecule has 2 aliphatic heterocycles. The van der Waals surface area contributed by atoms with Crippen LogP contribution >= 0.6 is 0 Å². The number of alkyl carbamates (subject to hydrolysis) is 2. The van der Waals surface area contributed by atoms with Crippen molar-refractivity contribution in [1.29, 1.82) is 0 Å². The second-order valence-electron chi connectivity index (χ2n) is 12.2. The first-order chi connectivity index (χ1) is 21.9. The van der Waals surface area contributed by atoms with Gasteiger partial charge in [-0.05, 0) is 54.5 Å². The van der Waals surface area contributed by atoms with Crippen LogP contribution in [0.1, 0.15) is 32.3 Å². The van der Waals surface area contributed by atoms with E-state index in [1.165, 1.54) is 30.6 Å². The summed E-state index contributed by atoms with van der Waals surface area (Å²) in [6.07, 6.45) is -2.28. The summed E-state index contributed by atoms with van der Waals surface area (Å²) in [5, 5.41) is 16.8. The SMILES string of the molecule is CNC(=O)OCCC(C)(C)CN(CC(O)C(Cc1ccccc1)NC(=O)OC1COC2OCCC12)S(=O)(=O)c1ccc(OC)cc1. The second kappa shape index (κ2) is 15.9. The highest BCUT2D eigenvalue weighted by Crippen LogP contribution is 2.33. The van der Waals surface area contributed by atoms with Gasteiger partial charge < -0.3 is 39.4 Å². The van der Waals surface area contributed by atoms with Crippen molar-refractivity contribution < 1.29 is 46.8 Å². The number of methoxy groups -OCH3 is 1. The van der Waals surface area contributed by atoms with Gasteiger partial charge in [0.2, 0.25) is 10.0 Å². The van der Waals surface area contributed by atoms with Gasteiger partial charge in [-0.25, -0.2) is 18.0 Å². The Balaban J connectivity index is 1.55. The number of hydrogen-bond donors (Lipinski definition) is 3. The van der Waals surface area contributed by atoms with Gasteiger partial charge in [0.25, 0.3) is 0 Å². The lowest BCUT2D eigenvalue weighted by Gasteiger charge is -2.35. The Labute approximate surface area is 270 Å². The van der Waals surface area contributed by atoms with Gasteiger partial charge in [0, 0.05) is 20.1 Å². The molecule has 5 atom stereocenters. The summed E-state index contributed by atoms with van der Waals surface area (Å²) in [6.45, 7) is 4.15. The summed E-state index contributed by atoms with van der Waals surface area (Å²) in [5.74, 6) is 0.425. The van der Waals surface area contributed by atoms with Crippen molar-refractivity contribution in [2.24, 2.45) is 11.3 Å². The highest BCUT2D eigenvalue weighted by Gasteiger charge is 2.44. The molecule has 2 aromatic carbocycles. The molecule has 0 bridgehead atoms. The third-order valence-corrected chi connectivity index (χ3v) is 10.0. The molecule has 2 aliphatic rings. The molecule has 2 aromatic rings. The Morgan fingerprint density at radius 3 is 2.48 bits per heavy atom. The van der Waals surface area contributed by atoms with E-state index < -0.39 is 52.2 Å². The van der Waals surface area contributed by atoms with Gasteiger partial charge in [0.1, 0.15) is 11.9 Å². The van der Waals surface area contributed by atoms with Crippen molar-refractivity contribution in [3.63, 3.8) is 0 Å². The molecular formula is C32H45N3O10S. The number of carbonyl (C=O) groups excluding carboxylic acids is 2. The maximum absolute atomic E-state index is 14.1. The van der Waals surface area contributed by atoms with E-state index in [2.05, 4.69) is 10.6 Å². The van der Waals surface area contributed by atoms with Crippen LogP contribution in [0.15, 0.2) is 59.5 Å². The van der Waals surface area contributed by atoms with Crippen LogP contribution < -0.4 is 15.4 Å². The molecule has 0 aromatic heterocycles.